The van der Waals surface area contributed by atoms with Crippen molar-refractivity contribution >= 4 is 27.5 Å². The minimum atomic E-state index is 0.351. The first-order valence-corrected chi connectivity index (χ1v) is 6.32. The first kappa shape index (κ1) is 13.0. The highest BCUT2D eigenvalue weighted by molar-refractivity contribution is 9.10. The van der Waals surface area contributed by atoms with Crippen LogP contribution in [-0.2, 0) is 4.74 Å². The fourth-order valence-corrected chi connectivity index (χ4v) is 2.59. The van der Waals surface area contributed by atoms with Crippen LogP contribution in [0, 0.1) is 5.92 Å². The van der Waals surface area contributed by atoms with Gasteiger partial charge in [0.2, 0.25) is 0 Å². The van der Waals surface area contributed by atoms with Crippen molar-refractivity contribution in [1.29, 1.82) is 0 Å². The van der Waals surface area contributed by atoms with Gasteiger partial charge in [0, 0.05) is 30.0 Å². The Bertz CT molecular complexity index is 303. The molecule has 0 N–H and O–H groups in total. The zero-order chi connectivity index (χ0) is 11.3. The molecule has 0 saturated heterocycles. The predicted molar refractivity (Wildman–Crippen MR) is 68.6 cm³/mol. The average Bonchev–Trinajstić information content (AvgIpc) is 2.19. The van der Waals surface area contributed by atoms with Crippen molar-refractivity contribution in [2.75, 3.05) is 19.6 Å². The summed E-state index contributed by atoms with van der Waals surface area (Å²) in [6.07, 6.45) is 0. The zero-order valence-corrected chi connectivity index (χ0v) is 11.4. The van der Waals surface area contributed by atoms with E-state index in [2.05, 4.69) is 35.0 Å². The van der Waals surface area contributed by atoms with Crippen molar-refractivity contribution in [3.8, 4) is 0 Å². The second-order valence-corrected chi connectivity index (χ2v) is 4.97. The van der Waals surface area contributed by atoms with Crippen molar-refractivity contribution in [2.45, 2.75) is 12.8 Å². The molecule has 1 rings (SSSR count). The Morgan fingerprint density at radius 1 is 1.47 bits per heavy atom. The molecule has 2 atom stereocenters. The van der Waals surface area contributed by atoms with E-state index in [-0.39, 0.29) is 0 Å². The molecule has 0 spiro atoms. The summed E-state index contributed by atoms with van der Waals surface area (Å²) in [4.78, 5) is 0. The molecule has 0 aliphatic carbocycles. The van der Waals surface area contributed by atoms with E-state index in [4.69, 9.17) is 16.3 Å². The number of methoxy groups -OCH3 is 1. The van der Waals surface area contributed by atoms with Gasteiger partial charge in [-0.1, -0.05) is 35.0 Å². The van der Waals surface area contributed by atoms with Crippen molar-refractivity contribution in [2.24, 2.45) is 5.92 Å². The molecular weight excluding hydrogens is 275 g/mol. The van der Waals surface area contributed by atoms with Gasteiger partial charge in [0.05, 0.1) is 0 Å². The molecule has 1 nitrogen and oxygen atoms in total. The minimum absolute atomic E-state index is 0.351. The van der Waals surface area contributed by atoms with Gasteiger partial charge in [-0.15, -0.1) is 11.6 Å². The van der Waals surface area contributed by atoms with E-state index in [0.29, 0.717) is 17.7 Å². The maximum Gasteiger partial charge on any atom is 0.0494 e. The molecule has 0 radical (unpaired) electrons. The maximum absolute atomic E-state index is 6.01. The molecule has 2 unspecified atom stereocenters. The molecule has 0 heterocycles. The van der Waals surface area contributed by atoms with Gasteiger partial charge in [-0.3, -0.25) is 0 Å². The molecule has 1 aromatic rings. The Morgan fingerprint density at radius 2 is 2.20 bits per heavy atom. The van der Waals surface area contributed by atoms with E-state index >= 15 is 0 Å². The van der Waals surface area contributed by atoms with E-state index in [1.54, 1.807) is 7.11 Å². The van der Waals surface area contributed by atoms with E-state index in [1.807, 2.05) is 12.1 Å². The highest BCUT2D eigenvalue weighted by atomic mass is 79.9. The summed E-state index contributed by atoms with van der Waals surface area (Å²) in [6, 6.07) is 8.30. The highest BCUT2D eigenvalue weighted by Gasteiger charge is 2.18. The van der Waals surface area contributed by atoms with Crippen LogP contribution in [0.25, 0.3) is 0 Å². The first-order chi connectivity index (χ1) is 7.19. The van der Waals surface area contributed by atoms with Gasteiger partial charge in [-0.2, -0.15) is 0 Å². The lowest BCUT2D eigenvalue weighted by Gasteiger charge is -2.21. The van der Waals surface area contributed by atoms with Gasteiger partial charge >= 0.3 is 0 Å². The van der Waals surface area contributed by atoms with Crippen LogP contribution in [0.1, 0.15) is 18.4 Å². The van der Waals surface area contributed by atoms with Crippen LogP contribution in [0.3, 0.4) is 0 Å². The predicted octanol–water partition coefficient (Wildman–Crippen LogP) is 4.05. The minimum Gasteiger partial charge on any atom is -0.384 e. The second kappa shape index (κ2) is 6.51. The molecule has 84 valence electrons. The Morgan fingerprint density at radius 3 is 2.73 bits per heavy atom. The highest BCUT2D eigenvalue weighted by Crippen LogP contribution is 2.28. The second-order valence-electron chi connectivity index (χ2n) is 3.75. The van der Waals surface area contributed by atoms with Gasteiger partial charge in [0.25, 0.3) is 0 Å². The molecular formula is C12H16BrClO. The Labute approximate surface area is 105 Å². The summed E-state index contributed by atoms with van der Waals surface area (Å²) in [7, 11) is 1.72. The molecule has 3 heteroatoms. The molecule has 1 aromatic carbocycles. The van der Waals surface area contributed by atoms with Gasteiger partial charge in [-0.25, -0.2) is 0 Å². The van der Waals surface area contributed by atoms with Crippen LogP contribution in [0.5, 0.6) is 0 Å². The summed E-state index contributed by atoms with van der Waals surface area (Å²) in [6.45, 7) is 2.90. The zero-order valence-electron chi connectivity index (χ0n) is 9.04. The molecule has 0 aromatic heterocycles. The molecule has 0 saturated carbocycles. The summed E-state index contributed by atoms with van der Waals surface area (Å²) in [5.41, 5.74) is 1.27. The van der Waals surface area contributed by atoms with Crippen molar-refractivity contribution < 1.29 is 4.74 Å². The summed E-state index contributed by atoms with van der Waals surface area (Å²) in [5.74, 6) is 1.41. The number of ether oxygens (including phenoxy) is 1. The van der Waals surface area contributed by atoms with Crippen molar-refractivity contribution in [3.05, 3.63) is 34.3 Å². The third kappa shape index (κ3) is 3.78. The van der Waals surface area contributed by atoms with Gasteiger partial charge < -0.3 is 4.74 Å². The van der Waals surface area contributed by atoms with Crippen LogP contribution in [-0.4, -0.2) is 19.6 Å². The Balaban J connectivity index is 2.82. The smallest absolute Gasteiger partial charge is 0.0494 e. The molecule has 0 bridgehead atoms. The lowest BCUT2D eigenvalue weighted by atomic mass is 9.89. The molecule has 0 aliphatic rings. The lowest BCUT2D eigenvalue weighted by molar-refractivity contribution is 0.150. The average molecular weight is 292 g/mol. The number of hydrogen-bond acceptors (Lipinski definition) is 1. The van der Waals surface area contributed by atoms with Crippen LogP contribution in [0.2, 0.25) is 0 Å². The summed E-state index contributed by atoms with van der Waals surface area (Å²) < 4.78 is 6.26. The molecule has 15 heavy (non-hydrogen) atoms. The molecule has 0 aliphatic heterocycles. The Hall–Kier alpha value is -0.0500. The Kier molecular flexibility index (Phi) is 5.65. The number of rotatable bonds is 5. The van der Waals surface area contributed by atoms with Gasteiger partial charge in [0.1, 0.15) is 0 Å². The van der Waals surface area contributed by atoms with Gasteiger partial charge in [-0.05, 0) is 23.6 Å². The third-order valence-corrected chi connectivity index (χ3v) is 3.39. The van der Waals surface area contributed by atoms with Crippen LogP contribution in [0.15, 0.2) is 28.7 Å². The lowest BCUT2D eigenvalue weighted by Crippen LogP contribution is -2.16. The third-order valence-electron chi connectivity index (χ3n) is 2.56. The van der Waals surface area contributed by atoms with Gasteiger partial charge in [0.15, 0.2) is 0 Å². The number of hydrogen-bond donors (Lipinski definition) is 0. The fraction of sp³-hybridized carbons (Fsp3) is 0.500. The van der Waals surface area contributed by atoms with Crippen molar-refractivity contribution in [3.63, 3.8) is 0 Å². The topological polar surface area (TPSA) is 9.23 Å². The summed E-state index contributed by atoms with van der Waals surface area (Å²) in [5, 5.41) is 0. The quantitative estimate of drug-likeness (QED) is 0.744. The largest absolute Gasteiger partial charge is 0.384 e. The van der Waals surface area contributed by atoms with E-state index in [1.165, 1.54) is 5.56 Å². The van der Waals surface area contributed by atoms with E-state index in [0.717, 1.165) is 11.1 Å². The van der Waals surface area contributed by atoms with Crippen molar-refractivity contribution in [1.82, 2.24) is 0 Å². The monoisotopic (exact) mass is 290 g/mol. The SMILES string of the molecule is COCC(C)C(CCl)c1cccc(Br)c1. The summed E-state index contributed by atoms with van der Waals surface area (Å²) >= 11 is 9.49. The number of benzene rings is 1. The number of alkyl halides is 1. The van der Waals surface area contributed by atoms with Crippen LogP contribution < -0.4 is 0 Å². The van der Waals surface area contributed by atoms with E-state index < -0.39 is 0 Å². The van der Waals surface area contributed by atoms with E-state index in [9.17, 15) is 0 Å². The molecule has 0 fully saturated rings. The molecule has 0 amide bonds. The van der Waals surface area contributed by atoms with Crippen LogP contribution in [0.4, 0.5) is 0 Å². The standard InChI is InChI=1S/C12H16BrClO/c1-9(8-15-2)12(7-14)10-4-3-5-11(13)6-10/h3-6,9,12H,7-8H2,1-2H3. The van der Waals surface area contributed by atoms with Crippen LogP contribution >= 0.6 is 27.5 Å². The first-order valence-electron chi connectivity index (χ1n) is 4.99. The maximum atomic E-state index is 6.01. The normalized spacial score (nSPS) is 14.9. The number of halogens is 2. The fourth-order valence-electron chi connectivity index (χ4n) is 1.69.